The van der Waals surface area contributed by atoms with E-state index >= 15 is 0 Å². The zero-order chi connectivity index (χ0) is 12.5. The van der Waals surface area contributed by atoms with Gasteiger partial charge in [-0.25, -0.2) is 8.42 Å². The molecule has 2 aliphatic carbocycles. The molecule has 0 heterocycles. The van der Waals surface area contributed by atoms with E-state index in [4.69, 9.17) is 0 Å². The fourth-order valence-electron chi connectivity index (χ4n) is 3.30. The van der Waals surface area contributed by atoms with Gasteiger partial charge in [0.2, 0.25) is 0 Å². The molecule has 0 aromatic heterocycles. The molecule has 0 radical (unpaired) electrons. The van der Waals surface area contributed by atoms with E-state index in [0.29, 0.717) is 0 Å². The van der Waals surface area contributed by atoms with Crippen LogP contribution in [0.2, 0.25) is 0 Å². The molecule has 3 nitrogen and oxygen atoms in total. The van der Waals surface area contributed by atoms with E-state index in [9.17, 15) is 8.42 Å². The molecule has 0 spiro atoms. The molecule has 0 aromatic carbocycles. The fourth-order valence-corrected chi connectivity index (χ4v) is 4.81. The number of rotatable bonds is 4. The van der Waals surface area contributed by atoms with Gasteiger partial charge in [0.05, 0.1) is 5.25 Å². The van der Waals surface area contributed by atoms with Crippen LogP contribution in [0.5, 0.6) is 0 Å². The minimum atomic E-state index is -2.89. The monoisotopic (exact) mass is 259 g/mol. The summed E-state index contributed by atoms with van der Waals surface area (Å²) in [7, 11) is -0.769. The summed E-state index contributed by atoms with van der Waals surface area (Å²) in [4.78, 5) is 2.33. The van der Waals surface area contributed by atoms with Crippen molar-refractivity contribution in [1.82, 2.24) is 4.90 Å². The van der Waals surface area contributed by atoms with Gasteiger partial charge in [0.1, 0.15) is 0 Å². The topological polar surface area (TPSA) is 37.4 Å². The minimum Gasteiger partial charge on any atom is -0.302 e. The SMILES string of the molecule is CN(CC1CCC1)[C@H]1CCCC[C@@H]1S(C)(=O)=O. The predicted molar refractivity (Wildman–Crippen MR) is 70.9 cm³/mol. The van der Waals surface area contributed by atoms with E-state index in [1.165, 1.54) is 31.9 Å². The second kappa shape index (κ2) is 5.27. The minimum absolute atomic E-state index is 0.124. The molecule has 2 fully saturated rings. The van der Waals surface area contributed by atoms with Crippen molar-refractivity contribution in [3.8, 4) is 0 Å². The molecule has 4 heteroatoms. The highest BCUT2D eigenvalue weighted by atomic mass is 32.2. The van der Waals surface area contributed by atoms with Crippen LogP contribution in [-0.4, -0.2) is 44.5 Å². The lowest BCUT2D eigenvalue weighted by Gasteiger charge is -2.40. The first-order valence-electron chi connectivity index (χ1n) is 6.87. The summed E-state index contributed by atoms with van der Waals surface area (Å²) in [5, 5.41) is -0.124. The second-order valence-electron chi connectivity index (χ2n) is 5.96. The average molecular weight is 259 g/mol. The summed E-state index contributed by atoms with van der Waals surface area (Å²) in [5.41, 5.74) is 0. The second-order valence-corrected chi connectivity index (χ2v) is 8.22. The molecule has 100 valence electrons. The van der Waals surface area contributed by atoms with E-state index in [0.717, 1.165) is 31.7 Å². The van der Waals surface area contributed by atoms with Gasteiger partial charge in [0.15, 0.2) is 9.84 Å². The third kappa shape index (κ3) is 3.22. The molecule has 0 saturated heterocycles. The number of sulfone groups is 1. The molecule has 0 N–H and O–H groups in total. The zero-order valence-electron chi connectivity index (χ0n) is 11.1. The highest BCUT2D eigenvalue weighted by Crippen LogP contribution is 2.31. The van der Waals surface area contributed by atoms with Crippen LogP contribution in [-0.2, 0) is 9.84 Å². The van der Waals surface area contributed by atoms with E-state index in [2.05, 4.69) is 11.9 Å². The van der Waals surface area contributed by atoms with Crippen LogP contribution in [0.25, 0.3) is 0 Å². The van der Waals surface area contributed by atoms with Crippen LogP contribution in [0.15, 0.2) is 0 Å². The fraction of sp³-hybridized carbons (Fsp3) is 1.00. The molecule has 0 amide bonds. The summed E-state index contributed by atoms with van der Waals surface area (Å²) >= 11 is 0. The summed E-state index contributed by atoms with van der Waals surface area (Å²) in [5.74, 6) is 0.821. The Kier molecular flexibility index (Phi) is 4.14. The number of nitrogens with zero attached hydrogens (tertiary/aromatic N) is 1. The molecule has 2 aliphatic rings. The van der Waals surface area contributed by atoms with Gasteiger partial charge in [-0.1, -0.05) is 19.3 Å². The maximum absolute atomic E-state index is 11.8. The van der Waals surface area contributed by atoms with Crippen LogP contribution in [0.3, 0.4) is 0 Å². The molecular formula is C13H25NO2S. The third-order valence-electron chi connectivity index (χ3n) is 4.55. The Labute approximate surface area is 105 Å². The van der Waals surface area contributed by atoms with Crippen molar-refractivity contribution >= 4 is 9.84 Å². The van der Waals surface area contributed by atoms with Crippen molar-refractivity contribution in [3.63, 3.8) is 0 Å². The highest BCUT2D eigenvalue weighted by molar-refractivity contribution is 7.91. The standard InChI is InChI=1S/C13H25NO2S/c1-14(10-11-6-5-7-11)12-8-3-4-9-13(12)17(2,15)16/h11-13H,3-10H2,1-2H3/t12-,13-/m0/s1. The maximum atomic E-state index is 11.8. The van der Waals surface area contributed by atoms with Crippen molar-refractivity contribution in [2.24, 2.45) is 5.92 Å². The van der Waals surface area contributed by atoms with Gasteiger partial charge >= 0.3 is 0 Å². The zero-order valence-corrected chi connectivity index (χ0v) is 11.9. The molecule has 0 bridgehead atoms. The molecular weight excluding hydrogens is 234 g/mol. The Morgan fingerprint density at radius 1 is 1.06 bits per heavy atom. The highest BCUT2D eigenvalue weighted by Gasteiger charge is 2.36. The number of hydrogen-bond donors (Lipinski definition) is 0. The molecule has 0 unspecified atom stereocenters. The summed E-state index contributed by atoms with van der Waals surface area (Å²) in [6, 6.07) is 0.263. The third-order valence-corrected chi connectivity index (χ3v) is 6.20. The quantitative estimate of drug-likeness (QED) is 0.775. The van der Waals surface area contributed by atoms with Crippen molar-refractivity contribution < 1.29 is 8.42 Å². The van der Waals surface area contributed by atoms with Crippen molar-refractivity contribution in [2.45, 2.75) is 56.2 Å². The first kappa shape index (κ1) is 13.3. The van der Waals surface area contributed by atoms with Gasteiger partial charge in [0, 0.05) is 18.8 Å². The average Bonchev–Trinajstić information content (AvgIpc) is 2.22. The molecule has 17 heavy (non-hydrogen) atoms. The van der Waals surface area contributed by atoms with Gasteiger partial charge in [0.25, 0.3) is 0 Å². The molecule has 2 atom stereocenters. The van der Waals surface area contributed by atoms with Crippen molar-refractivity contribution in [1.29, 1.82) is 0 Å². The van der Waals surface area contributed by atoms with Gasteiger partial charge in [-0.05, 0) is 38.6 Å². The van der Waals surface area contributed by atoms with E-state index in [-0.39, 0.29) is 11.3 Å². The Balaban J connectivity index is 1.99. The lowest BCUT2D eigenvalue weighted by atomic mass is 9.84. The largest absolute Gasteiger partial charge is 0.302 e. The van der Waals surface area contributed by atoms with Crippen molar-refractivity contribution in [2.75, 3.05) is 19.8 Å². The summed E-state index contributed by atoms with van der Waals surface area (Å²) < 4.78 is 23.7. The first-order valence-corrected chi connectivity index (χ1v) is 8.83. The Bertz CT molecular complexity index is 348. The molecule has 0 aromatic rings. The van der Waals surface area contributed by atoms with E-state index < -0.39 is 9.84 Å². The summed E-state index contributed by atoms with van der Waals surface area (Å²) in [6.45, 7) is 1.09. The summed E-state index contributed by atoms with van der Waals surface area (Å²) in [6.07, 6.45) is 9.61. The van der Waals surface area contributed by atoms with Crippen LogP contribution in [0.1, 0.15) is 44.9 Å². The van der Waals surface area contributed by atoms with E-state index in [1.54, 1.807) is 0 Å². The smallest absolute Gasteiger partial charge is 0.151 e. The van der Waals surface area contributed by atoms with Crippen LogP contribution in [0.4, 0.5) is 0 Å². The Morgan fingerprint density at radius 2 is 1.71 bits per heavy atom. The normalized spacial score (nSPS) is 31.5. The van der Waals surface area contributed by atoms with E-state index in [1.807, 2.05) is 0 Å². The molecule has 2 rings (SSSR count). The van der Waals surface area contributed by atoms with Gasteiger partial charge in [-0.15, -0.1) is 0 Å². The maximum Gasteiger partial charge on any atom is 0.151 e. The van der Waals surface area contributed by atoms with Crippen LogP contribution in [0, 0.1) is 5.92 Å². The van der Waals surface area contributed by atoms with Gasteiger partial charge < -0.3 is 4.90 Å². The van der Waals surface area contributed by atoms with Crippen LogP contribution < -0.4 is 0 Å². The molecule has 0 aliphatic heterocycles. The van der Waals surface area contributed by atoms with Gasteiger partial charge in [-0.3, -0.25) is 0 Å². The Morgan fingerprint density at radius 3 is 2.24 bits per heavy atom. The first-order chi connectivity index (χ1) is 7.98. The van der Waals surface area contributed by atoms with Crippen molar-refractivity contribution in [3.05, 3.63) is 0 Å². The van der Waals surface area contributed by atoms with Gasteiger partial charge in [-0.2, -0.15) is 0 Å². The molecule has 2 saturated carbocycles. The van der Waals surface area contributed by atoms with Crippen LogP contribution >= 0.6 is 0 Å². The predicted octanol–water partition coefficient (Wildman–Crippen LogP) is 2.07. The lowest BCUT2D eigenvalue weighted by Crippen LogP contribution is -2.48. The Hall–Kier alpha value is -0.0900. The number of hydrogen-bond acceptors (Lipinski definition) is 3. The lowest BCUT2D eigenvalue weighted by molar-refractivity contribution is 0.137.